The molecule has 1 N–H and O–H groups in total. The van der Waals surface area contributed by atoms with Crippen LogP contribution >= 0.6 is 11.3 Å². The summed E-state index contributed by atoms with van der Waals surface area (Å²) in [6, 6.07) is 7.52. The third-order valence-corrected chi connectivity index (χ3v) is 6.80. The minimum absolute atomic E-state index is 0.00342. The monoisotopic (exact) mass is 399 g/mol. The van der Waals surface area contributed by atoms with Crippen LogP contribution in [-0.2, 0) is 9.53 Å². The first-order valence-electron chi connectivity index (χ1n) is 9.69. The number of methoxy groups -OCH3 is 1. The highest BCUT2D eigenvalue weighted by molar-refractivity contribution is 7.13. The highest BCUT2D eigenvalue weighted by Crippen LogP contribution is 2.50. The topological polar surface area (TPSA) is 71.5 Å². The third kappa shape index (κ3) is 3.12. The molecule has 0 radical (unpaired) electrons. The predicted octanol–water partition coefficient (Wildman–Crippen LogP) is 3.59. The summed E-state index contributed by atoms with van der Waals surface area (Å²) >= 11 is 1.43. The Morgan fingerprint density at radius 3 is 2.79 bits per heavy atom. The van der Waals surface area contributed by atoms with Crippen molar-refractivity contribution in [1.82, 2.24) is 9.88 Å². The molecule has 148 valence electrons. The van der Waals surface area contributed by atoms with Crippen molar-refractivity contribution in [2.45, 2.75) is 44.1 Å². The fourth-order valence-corrected chi connectivity index (χ4v) is 5.45. The van der Waals surface area contributed by atoms with Gasteiger partial charge in [0.05, 0.1) is 23.8 Å². The Balaban J connectivity index is 1.79. The number of carbonyl (C=O) groups is 2. The lowest BCUT2D eigenvalue weighted by Gasteiger charge is -2.50. The maximum absolute atomic E-state index is 13.5. The number of aryl methyl sites for hydroxylation is 1. The molecule has 1 fully saturated rings. The van der Waals surface area contributed by atoms with E-state index in [4.69, 9.17) is 4.74 Å². The van der Waals surface area contributed by atoms with Crippen LogP contribution in [0.15, 0.2) is 29.6 Å². The van der Waals surface area contributed by atoms with E-state index < -0.39 is 11.5 Å². The Morgan fingerprint density at radius 2 is 2.11 bits per heavy atom. The molecule has 1 saturated carbocycles. The van der Waals surface area contributed by atoms with Crippen LogP contribution in [-0.4, -0.2) is 47.5 Å². The summed E-state index contributed by atoms with van der Waals surface area (Å²) in [6.07, 6.45) is 3.68. The fraction of sp³-hybridized carbons (Fsp3) is 0.476. The van der Waals surface area contributed by atoms with Crippen molar-refractivity contribution < 1.29 is 14.3 Å². The van der Waals surface area contributed by atoms with Crippen LogP contribution in [0.1, 0.15) is 53.2 Å². The van der Waals surface area contributed by atoms with E-state index in [2.05, 4.69) is 10.3 Å². The van der Waals surface area contributed by atoms with Gasteiger partial charge in [-0.05, 0) is 31.4 Å². The molecule has 6 nitrogen and oxygen atoms in total. The second-order valence-corrected chi connectivity index (χ2v) is 8.42. The molecule has 2 heterocycles. The molecule has 1 spiro atoms. The van der Waals surface area contributed by atoms with E-state index in [1.165, 1.54) is 11.3 Å². The molecular weight excluding hydrogens is 374 g/mol. The molecular formula is C21H25N3O3S. The summed E-state index contributed by atoms with van der Waals surface area (Å²) in [7, 11) is 1.64. The number of nitrogens with one attached hydrogen (secondary N) is 1. The number of amides is 2. The number of carbonyl (C=O) groups excluding carboxylic acids is 2. The number of nitrogens with zero attached hydrogens (tertiary/aromatic N) is 2. The van der Waals surface area contributed by atoms with Crippen LogP contribution in [0.25, 0.3) is 0 Å². The molecule has 28 heavy (non-hydrogen) atoms. The van der Waals surface area contributed by atoms with Crippen LogP contribution < -0.4 is 5.32 Å². The van der Waals surface area contributed by atoms with Crippen molar-refractivity contribution in [3.05, 3.63) is 46.5 Å². The molecule has 1 aliphatic heterocycles. The molecule has 7 heteroatoms. The quantitative estimate of drug-likeness (QED) is 0.834. The van der Waals surface area contributed by atoms with E-state index in [9.17, 15) is 9.59 Å². The van der Waals surface area contributed by atoms with Crippen LogP contribution in [0.5, 0.6) is 0 Å². The van der Waals surface area contributed by atoms with Crippen molar-refractivity contribution in [3.8, 4) is 0 Å². The molecule has 1 aliphatic carbocycles. The van der Waals surface area contributed by atoms with Gasteiger partial charge in [0.1, 0.15) is 0 Å². The highest BCUT2D eigenvalue weighted by Gasteiger charge is 2.55. The number of aromatic nitrogens is 1. The number of thiazole rings is 1. The van der Waals surface area contributed by atoms with Crippen molar-refractivity contribution in [1.29, 1.82) is 0 Å². The maximum atomic E-state index is 13.5. The fourth-order valence-electron chi connectivity index (χ4n) is 4.76. The highest BCUT2D eigenvalue weighted by atomic mass is 32.1. The second kappa shape index (κ2) is 7.64. The van der Waals surface area contributed by atoms with Gasteiger partial charge in [-0.25, -0.2) is 4.98 Å². The lowest BCUT2D eigenvalue weighted by molar-refractivity contribution is -0.121. The van der Waals surface area contributed by atoms with Gasteiger partial charge in [-0.3, -0.25) is 9.59 Å². The molecule has 2 aromatic rings. The Kier molecular flexibility index (Phi) is 5.21. The van der Waals surface area contributed by atoms with Crippen LogP contribution in [0.2, 0.25) is 0 Å². The molecule has 1 aromatic heterocycles. The number of ether oxygens (including phenoxy) is 1. The predicted molar refractivity (Wildman–Crippen MR) is 109 cm³/mol. The van der Waals surface area contributed by atoms with Gasteiger partial charge in [0, 0.05) is 24.6 Å². The summed E-state index contributed by atoms with van der Waals surface area (Å²) < 4.78 is 5.27. The zero-order valence-electron chi connectivity index (χ0n) is 16.2. The Labute approximate surface area is 168 Å². The average molecular weight is 400 g/mol. The maximum Gasteiger partial charge on any atom is 0.254 e. The molecule has 0 bridgehead atoms. The van der Waals surface area contributed by atoms with Gasteiger partial charge in [-0.2, -0.15) is 0 Å². The molecule has 4 rings (SSSR count). The number of anilines is 1. The van der Waals surface area contributed by atoms with E-state index in [1.54, 1.807) is 7.11 Å². The molecule has 0 saturated heterocycles. The molecule has 1 atom stereocenters. The van der Waals surface area contributed by atoms with Gasteiger partial charge in [-0.1, -0.05) is 31.0 Å². The standard InChI is InChI=1S/C21H25N3O3S/c1-14-13-28-20(22-14)23-18(25)17-15-7-3-4-8-16(15)19(26)24(11-12-27-2)21(17)9-5-6-10-21/h3-4,7-8,13,17H,5-6,9-12H2,1-2H3,(H,22,23,25)/t17-/m0/s1. The number of hydrogen-bond acceptors (Lipinski definition) is 5. The number of hydrogen-bond donors (Lipinski definition) is 1. The van der Waals surface area contributed by atoms with Crippen molar-refractivity contribution in [2.24, 2.45) is 0 Å². The first-order valence-corrected chi connectivity index (χ1v) is 10.6. The van der Waals surface area contributed by atoms with E-state index >= 15 is 0 Å². The van der Waals surface area contributed by atoms with Crippen LogP contribution in [0, 0.1) is 6.92 Å². The van der Waals surface area contributed by atoms with Crippen LogP contribution in [0.3, 0.4) is 0 Å². The third-order valence-electron chi connectivity index (χ3n) is 5.92. The van der Waals surface area contributed by atoms with Gasteiger partial charge in [0.15, 0.2) is 5.13 Å². The minimum Gasteiger partial charge on any atom is -0.383 e. The summed E-state index contributed by atoms with van der Waals surface area (Å²) in [6.45, 7) is 2.85. The lowest BCUT2D eigenvalue weighted by atomic mass is 9.71. The SMILES string of the molecule is COCCN1C(=O)c2ccccc2[C@@H](C(=O)Nc2nc(C)cs2)C12CCCC2. The van der Waals surface area contributed by atoms with Gasteiger partial charge >= 0.3 is 0 Å². The van der Waals surface area contributed by atoms with Gasteiger partial charge in [-0.15, -0.1) is 11.3 Å². The zero-order valence-corrected chi connectivity index (χ0v) is 17.1. The first kappa shape index (κ1) is 19.1. The van der Waals surface area contributed by atoms with E-state index in [-0.39, 0.29) is 11.8 Å². The Bertz CT molecular complexity index is 889. The number of fused-ring (bicyclic) bond motifs is 1. The lowest BCUT2D eigenvalue weighted by Crippen LogP contribution is -2.60. The summed E-state index contributed by atoms with van der Waals surface area (Å²) in [4.78, 5) is 33.1. The van der Waals surface area contributed by atoms with Gasteiger partial charge in [0.25, 0.3) is 5.91 Å². The normalized spacial score (nSPS) is 20.4. The zero-order chi connectivity index (χ0) is 19.7. The van der Waals surface area contributed by atoms with E-state index in [0.29, 0.717) is 23.8 Å². The van der Waals surface area contributed by atoms with Crippen LogP contribution in [0.4, 0.5) is 5.13 Å². The molecule has 0 unspecified atom stereocenters. The summed E-state index contributed by atoms with van der Waals surface area (Å²) in [5.41, 5.74) is 1.83. The Hall–Kier alpha value is -2.25. The smallest absolute Gasteiger partial charge is 0.254 e. The first-order chi connectivity index (χ1) is 13.6. The average Bonchev–Trinajstić information content (AvgIpc) is 3.32. The number of rotatable bonds is 5. The second-order valence-electron chi connectivity index (χ2n) is 7.56. The van der Waals surface area contributed by atoms with Crippen molar-refractivity contribution in [2.75, 3.05) is 25.6 Å². The minimum atomic E-state index is -0.500. The number of benzene rings is 1. The summed E-state index contributed by atoms with van der Waals surface area (Å²) in [5.74, 6) is -0.493. The Morgan fingerprint density at radius 1 is 1.36 bits per heavy atom. The summed E-state index contributed by atoms with van der Waals surface area (Å²) in [5, 5.41) is 5.54. The van der Waals surface area contributed by atoms with Gasteiger partial charge in [0.2, 0.25) is 5.91 Å². The molecule has 1 aromatic carbocycles. The molecule has 2 aliphatic rings. The van der Waals surface area contributed by atoms with E-state index in [0.717, 1.165) is 36.9 Å². The van der Waals surface area contributed by atoms with Gasteiger partial charge < -0.3 is 15.0 Å². The van der Waals surface area contributed by atoms with E-state index in [1.807, 2.05) is 41.5 Å². The largest absolute Gasteiger partial charge is 0.383 e. The van der Waals surface area contributed by atoms with Crippen molar-refractivity contribution >= 4 is 28.3 Å². The van der Waals surface area contributed by atoms with Crippen molar-refractivity contribution in [3.63, 3.8) is 0 Å². The molecule has 2 amide bonds.